The summed E-state index contributed by atoms with van der Waals surface area (Å²) >= 11 is 6.07. The van der Waals surface area contributed by atoms with Crippen molar-refractivity contribution < 1.29 is 0 Å². The van der Waals surface area contributed by atoms with E-state index in [1.54, 1.807) is 18.2 Å². The number of fused-ring (bicyclic) bond motifs is 2. The summed E-state index contributed by atoms with van der Waals surface area (Å²) in [6, 6.07) is 20.3. The molecular formula is C24H23ClN4O. The predicted molar refractivity (Wildman–Crippen MR) is 122 cm³/mol. The zero-order valence-corrected chi connectivity index (χ0v) is 17.4. The van der Waals surface area contributed by atoms with E-state index < -0.39 is 0 Å². The molecule has 30 heavy (non-hydrogen) atoms. The molecule has 0 aliphatic carbocycles. The lowest BCUT2D eigenvalue weighted by molar-refractivity contribution is 0.120. The lowest BCUT2D eigenvalue weighted by Gasteiger charge is -2.34. The third-order valence-electron chi connectivity index (χ3n) is 5.83. The monoisotopic (exact) mass is 418 g/mol. The molecule has 0 radical (unpaired) electrons. The van der Waals surface area contributed by atoms with Crippen LogP contribution in [0.25, 0.3) is 21.7 Å². The smallest absolute Gasteiger partial charge is 0.258 e. The fraction of sp³-hybridized carbons (Fsp3) is 0.250. The summed E-state index contributed by atoms with van der Waals surface area (Å²) in [6.45, 7) is 5.47. The summed E-state index contributed by atoms with van der Waals surface area (Å²) in [4.78, 5) is 24.7. The van der Waals surface area contributed by atoms with Gasteiger partial charge in [-0.15, -0.1) is 0 Å². The molecule has 2 heterocycles. The third-order valence-corrected chi connectivity index (χ3v) is 6.06. The number of halogens is 1. The SMILES string of the molecule is O=c1[nH]c(CN2CCN(Cc3cccc4ccccc34)CC2)nc2cc(Cl)ccc12. The Kier molecular flexibility index (Phi) is 5.25. The minimum Gasteiger partial charge on any atom is -0.309 e. The fourth-order valence-corrected chi connectivity index (χ4v) is 4.39. The number of aromatic amines is 1. The molecule has 0 saturated carbocycles. The Morgan fingerprint density at radius 2 is 1.60 bits per heavy atom. The molecule has 3 aromatic carbocycles. The molecule has 0 amide bonds. The molecule has 5 nitrogen and oxygen atoms in total. The third kappa shape index (κ3) is 3.97. The number of nitrogens with zero attached hydrogens (tertiary/aromatic N) is 3. The van der Waals surface area contributed by atoms with Crippen molar-refractivity contribution in [3.8, 4) is 0 Å². The number of nitrogens with one attached hydrogen (secondary N) is 1. The van der Waals surface area contributed by atoms with Crippen molar-refractivity contribution in [2.45, 2.75) is 13.1 Å². The summed E-state index contributed by atoms with van der Waals surface area (Å²) < 4.78 is 0. The first-order valence-corrected chi connectivity index (χ1v) is 10.6. The Balaban J connectivity index is 1.25. The van der Waals surface area contributed by atoms with Gasteiger partial charge in [-0.05, 0) is 34.5 Å². The molecule has 0 bridgehead atoms. The van der Waals surface area contributed by atoms with Gasteiger partial charge in [0, 0.05) is 37.7 Å². The van der Waals surface area contributed by atoms with Crippen LogP contribution in [-0.2, 0) is 13.1 Å². The lowest BCUT2D eigenvalue weighted by atomic mass is 10.0. The van der Waals surface area contributed by atoms with Gasteiger partial charge in [0.25, 0.3) is 5.56 Å². The largest absolute Gasteiger partial charge is 0.309 e. The van der Waals surface area contributed by atoms with E-state index in [0.29, 0.717) is 28.3 Å². The van der Waals surface area contributed by atoms with Crippen LogP contribution in [0.3, 0.4) is 0 Å². The maximum Gasteiger partial charge on any atom is 0.258 e. The van der Waals surface area contributed by atoms with Crippen LogP contribution >= 0.6 is 11.6 Å². The number of piperazine rings is 1. The van der Waals surface area contributed by atoms with E-state index in [1.165, 1.54) is 16.3 Å². The number of hydrogen-bond acceptors (Lipinski definition) is 4. The summed E-state index contributed by atoms with van der Waals surface area (Å²) in [6.07, 6.45) is 0. The van der Waals surface area contributed by atoms with Crippen LogP contribution in [0.4, 0.5) is 0 Å². The highest BCUT2D eigenvalue weighted by atomic mass is 35.5. The molecule has 1 N–H and O–H groups in total. The molecule has 4 aromatic rings. The standard InChI is InChI=1S/C24H23ClN4O/c25-19-8-9-21-22(14-19)26-23(27-24(21)30)16-29-12-10-28(11-13-29)15-18-6-3-5-17-4-1-2-7-20(17)18/h1-9,14H,10-13,15-16H2,(H,26,27,30). The van der Waals surface area contributed by atoms with Crippen LogP contribution in [0, 0.1) is 0 Å². The van der Waals surface area contributed by atoms with E-state index in [4.69, 9.17) is 11.6 Å². The van der Waals surface area contributed by atoms with E-state index in [0.717, 1.165) is 32.7 Å². The highest BCUT2D eigenvalue weighted by Gasteiger charge is 2.19. The molecule has 1 fully saturated rings. The van der Waals surface area contributed by atoms with Crippen molar-refractivity contribution in [3.05, 3.63) is 87.4 Å². The molecule has 0 unspecified atom stereocenters. The number of aromatic nitrogens is 2. The summed E-state index contributed by atoms with van der Waals surface area (Å²) in [5, 5.41) is 3.79. The zero-order chi connectivity index (χ0) is 20.5. The normalized spacial score (nSPS) is 15.8. The average Bonchev–Trinajstić information content (AvgIpc) is 2.75. The molecule has 6 heteroatoms. The van der Waals surface area contributed by atoms with Crippen molar-refractivity contribution in [2.24, 2.45) is 0 Å². The van der Waals surface area contributed by atoms with Gasteiger partial charge in [0.15, 0.2) is 0 Å². The van der Waals surface area contributed by atoms with Gasteiger partial charge < -0.3 is 4.98 Å². The van der Waals surface area contributed by atoms with E-state index in [2.05, 4.69) is 62.2 Å². The van der Waals surface area contributed by atoms with Gasteiger partial charge in [-0.25, -0.2) is 4.98 Å². The average molecular weight is 419 g/mol. The van der Waals surface area contributed by atoms with E-state index in [9.17, 15) is 4.79 Å². The molecule has 0 spiro atoms. The minimum absolute atomic E-state index is 0.110. The van der Waals surface area contributed by atoms with Crippen molar-refractivity contribution >= 4 is 33.3 Å². The van der Waals surface area contributed by atoms with E-state index in [1.807, 2.05) is 0 Å². The molecule has 1 aliphatic rings. The summed E-state index contributed by atoms with van der Waals surface area (Å²) in [5.74, 6) is 0.692. The van der Waals surface area contributed by atoms with Gasteiger partial charge in [0.2, 0.25) is 0 Å². The number of rotatable bonds is 4. The minimum atomic E-state index is -0.110. The van der Waals surface area contributed by atoms with Gasteiger partial charge in [0.05, 0.1) is 17.4 Å². The second-order valence-electron chi connectivity index (χ2n) is 7.86. The van der Waals surface area contributed by atoms with Gasteiger partial charge in [0.1, 0.15) is 5.82 Å². The van der Waals surface area contributed by atoms with E-state index in [-0.39, 0.29) is 5.56 Å². The Labute approximate surface area is 179 Å². The maximum absolute atomic E-state index is 12.3. The second kappa shape index (κ2) is 8.19. The van der Waals surface area contributed by atoms with Crippen LogP contribution in [0.2, 0.25) is 5.02 Å². The van der Waals surface area contributed by atoms with Crippen molar-refractivity contribution in [1.82, 2.24) is 19.8 Å². The Morgan fingerprint density at radius 1 is 0.867 bits per heavy atom. The maximum atomic E-state index is 12.3. The summed E-state index contributed by atoms with van der Waals surface area (Å²) in [7, 11) is 0. The molecule has 1 aromatic heterocycles. The first-order chi connectivity index (χ1) is 14.7. The lowest BCUT2D eigenvalue weighted by Crippen LogP contribution is -2.45. The van der Waals surface area contributed by atoms with Crippen LogP contribution in [0.1, 0.15) is 11.4 Å². The highest BCUT2D eigenvalue weighted by Crippen LogP contribution is 2.21. The second-order valence-corrected chi connectivity index (χ2v) is 8.30. The Bertz CT molecular complexity index is 1260. The molecule has 1 aliphatic heterocycles. The summed E-state index contributed by atoms with van der Waals surface area (Å²) in [5.41, 5.74) is 1.91. The van der Waals surface area contributed by atoms with E-state index >= 15 is 0 Å². The van der Waals surface area contributed by atoms with Crippen LogP contribution in [0.5, 0.6) is 0 Å². The van der Waals surface area contributed by atoms with Gasteiger partial charge in [-0.1, -0.05) is 54.1 Å². The topological polar surface area (TPSA) is 52.2 Å². The van der Waals surface area contributed by atoms with Crippen LogP contribution in [-0.4, -0.2) is 45.9 Å². The zero-order valence-electron chi connectivity index (χ0n) is 16.6. The Morgan fingerprint density at radius 3 is 2.43 bits per heavy atom. The molecule has 5 rings (SSSR count). The molecule has 1 saturated heterocycles. The predicted octanol–water partition coefficient (Wildman–Crippen LogP) is 4.05. The first kappa shape index (κ1) is 19.2. The number of benzene rings is 3. The van der Waals surface area contributed by atoms with Gasteiger partial charge in [-0.3, -0.25) is 14.6 Å². The van der Waals surface area contributed by atoms with Gasteiger partial charge in [-0.2, -0.15) is 0 Å². The van der Waals surface area contributed by atoms with Crippen LogP contribution < -0.4 is 5.56 Å². The molecule has 152 valence electrons. The van der Waals surface area contributed by atoms with Crippen molar-refractivity contribution in [1.29, 1.82) is 0 Å². The fourth-order valence-electron chi connectivity index (χ4n) is 4.22. The van der Waals surface area contributed by atoms with Crippen molar-refractivity contribution in [3.63, 3.8) is 0 Å². The first-order valence-electron chi connectivity index (χ1n) is 10.3. The number of hydrogen-bond donors (Lipinski definition) is 1. The quantitative estimate of drug-likeness (QED) is 0.543. The molecular weight excluding hydrogens is 396 g/mol. The molecule has 0 atom stereocenters. The Hall–Kier alpha value is -2.73. The van der Waals surface area contributed by atoms with Gasteiger partial charge >= 0.3 is 0 Å². The van der Waals surface area contributed by atoms with Crippen LogP contribution in [0.15, 0.2) is 65.5 Å². The number of H-pyrrole nitrogens is 1. The van der Waals surface area contributed by atoms with Crippen molar-refractivity contribution in [2.75, 3.05) is 26.2 Å². The highest BCUT2D eigenvalue weighted by molar-refractivity contribution is 6.31.